The fraction of sp³-hybridized carbons (Fsp3) is 0.333. The maximum Gasteiger partial charge on any atom is 0.374 e. The number of carbonyl (C=O) groups excluding carboxylic acids is 1. The number of methoxy groups -OCH3 is 1. The second-order valence-corrected chi connectivity index (χ2v) is 4.94. The fourth-order valence-corrected chi connectivity index (χ4v) is 2.15. The number of furan rings is 1. The molecule has 0 amide bonds. The Hall–Kier alpha value is -1.87. The number of sulfonamides is 1. The third kappa shape index (κ3) is 3.08. The van der Waals surface area contributed by atoms with E-state index in [4.69, 9.17) is 9.52 Å². The number of carboxylic acid groups (broad SMARTS) is 1. The molecular formula is C9H11NO7S. The molecule has 0 aromatic carbocycles. The number of carbonyl (C=O) groups is 2. The number of esters is 1. The zero-order chi connectivity index (χ0) is 13.9. The number of rotatable bonds is 5. The van der Waals surface area contributed by atoms with Crippen LogP contribution in [0, 0.1) is 0 Å². The molecule has 0 bridgehead atoms. The smallest absolute Gasteiger partial charge is 0.374 e. The van der Waals surface area contributed by atoms with Crippen LogP contribution >= 0.6 is 0 Å². The first-order chi connectivity index (χ1) is 8.27. The van der Waals surface area contributed by atoms with Gasteiger partial charge in [-0.05, 0) is 19.1 Å². The predicted octanol–water partition coefficient (Wildman–Crippen LogP) is -0.182. The van der Waals surface area contributed by atoms with Gasteiger partial charge in [0.25, 0.3) is 10.0 Å². The topological polar surface area (TPSA) is 123 Å². The first-order valence-electron chi connectivity index (χ1n) is 4.71. The molecule has 0 radical (unpaired) electrons. The van der Waals surface area contributed by atoms with Crippen molar-refractivity contribution in [3.8, 4) is 0 Å². The van der Waals surface area contributed by atoms with Crippen LogP contribution in [0.2, 0.25) is 0 Å². The van der Waals surface area contributed by atoms with Gasteiger partial charge >= 0.3 is 11.9 Å². The molecule has 0 spiro atoms. The number of hydrogen-bond acceptors (Lipinski definition) is 6. The number of aliphatic carboxylic acids is 1. The van der Waals surface area contributed by atoms with Gasteiger partial charge in [-0.25, -0.2) is 13.2 Å². The molecule has 1 aromatic heterocycles. The summed E-state index contributed by atoms with van der Waals surface area (Å²) in [5.74, 6) is -2.46. The van der Waals surface area contributed by atoms with Gasteiger partial charge in [0.15, 0.2) is 0 Å². The predicted molar refractivity (Wildman–Crippen MR) is 57.5 cm³/mol. The van der Waals surface area contributed by atoms with Crippen LogP contribution in [0.25, 0.3) is 0 Å². The lowest BCUT2D eigenvalue weighted by Gasteiger charge is -2.07. The quantitative estimate of drug-likeness (QED) is 0.715. The Labute approximate surface area is 103 Å². The molecule has 1 rings (SSSR count). The van der Waals surface area contributed by atoms with Crippen LogP contribution in [0.15, 0.2) is 21.6 Å². The minimum absolute atomic E-state index is 0.291. The molecule has 0 aliphatic rings. The summed E-state index contributed by atoms with van der Waals surface area (Å²) in [6.45, 7) is 1.16. The van der Waals surface area contributed by atoms with Gasteiger partial charge < -0.3 is 14.3 Å². The van der Waals surface area contributed by atoms with E-state index in [1.165, 1.54) is 0 Å². The van der Waals surface area contributed by atoms with Gasteiger partial charge in [-0.1, -0.05) is 0 Å². The molecule has 1 atom stereocenters. The molecule has 0 aliphatic carbocycles. The van der Waals surface area contributed by atoms with Gasteiger partial charge in [0, 0.05) is 0 Å². The standard InChI is InChI=1S/C9H11NO7S/c1-5(8(11)12)10-18(14,15)7-4-3-6(17-7)9(13)16-2/h3-5,10H,1-2H3,(H,11,12). The molecule has 1 heterocycles. The van der Waals surface area contributed by atoms with E-state index in [2.05, 4.69) is 4.74 Å². The van der Waals surface area contributed by atoms with Crippen molar-refractivity contribution in [1.29, 1.82) is 0 Å². The molecule has 0 fully saturated rings. The number of carboxylic acids is 1. The first kappa shape index (κ1) is 14.2. The second-order valence-electron chi connectivity index (χ2n) is 3.29. The van der Waals surface area contributed by atoms with E-state index in [-0.39, 0.29) is 5.76 Å². The summed E-state index contributed by atoms with van der Waals surface area (Å²) in [5, 5.41) is 8.03. The monoisotopic (exact) mass is 277 g/mol. The van der Waals surface area contributed by atoms with Crippen LogP contribution in [0.3, 0.4) is 0 Å². The summed E-state index contributed by atoms with van der Waals surface area (Å²) in [4.78, 5) is 21.6. The van der Waals surface area contributed by atoms with Crippen LogP contribution in [0.5, 0.6) is 0 Å². The van der Waals surface area contributed by atoms with Crippen molar-refractivity contribution >= 4 is 22.0 Å². The largest absolute Gasteiger partial charge is 0.480 e. The molecule has 0 saturated heterocycles. The van der Waals surface area contributed by atoms with E-state index >= 15 is 0 Å². The highest BCUT2D eigenvalue weighted by molar-refractivity contribution is 7.89. The van der Waals surface area contributed by atoms with E-state index in [0.29, 0.717) is 0 Å². The summed E-state index contributed by atoms with van der Waals surface area (Å²) < 4.78 is 34.3. The first-order valence-corrected chi connectivity index (χ1v) is 6.19. The normalized spacial score (nSPS) is 13.0. The minimum Gasteiger partial charge on any atom is -0.480 e. The Kier molecular flexibility index (Phi) is 4.09. The summed E-state index contributed by atoms with van der Waals surface area (Å²) in [5.41, 5.74) is 0. The molecule has 1 unspecified atom stereocenters. The van der Waals surface area contributed by atoms with Crippen LogP contribution < -0.4 is 4.72 Å². The molecular weight excluding hydrogens is 266 g/mol. The molecule has 0 aliphatic heterocycles. The van der Waals surface area contributed by atoms with Crippen molar-refractivity contribution in [3.63, 3.8) is 0 Å². The highest BCUT2D eigenvalue weighted by atomic mass is 32.2. The molecule has 9 heteroatoms. The Morgan fingerprint density at radius 3 is 2.56 bits per heavy atom. The molecule has 1 aromatic rings. The van der Waals surface area contributed by atoms with E-state index in [0.717, 1.165) is 26.2 Å². The zero-order valence-electron chi connectivity index (χ0n) is 9.54. The maximum absolute atomic E-state index is 11.7. The van der Waals surface area contributed by atoms with Gasteiger partial charge in [0.05, 0.1) is 7.11 Å². The lowest BCUT2D eigenvalue weighted by Crippen LogP contribution is -2.38. The third-order valence-corrected chi connectivity index (χ3v) is 3.35. The number of hydrogen-bond donors (Lipinski definition) is 2. The van der Waals surface area contributed by atoms with Gasteiger partial charge in [-0.15, -0.1) is 0 Å². The summed E-state index contributed by atoms with van der Waals surface area (Å²) in [6.07, 6.45) is 0. The second kappa shape index (κ2) is 5.19. The molecule has 8 nitrogen and oxygen atoms in total. The van der Waals surface area contributed by atoms with E-state index in [9.17, 15) is 18.0 Å². The van der Waals surface area contributed by atoms with Gasteiger partial charge in [0.2, 0.25) is 10.9 Å². The van der Waals surface area contributed by atoms with Crippen molar-refractivity contribution < 1.29 is 32.3 Å². The Balaban J connectivity index is 2.96. The average molecular weight is 277 g/mol. The summed E-state index contributed by atoms with van der Waals surface area (Å²) in [7, 11) is -3.02. The Morgan fingerprint density at radius 1 is 1.44 bits per heavy atom. The molecule has 100 valence electrons. The van der Waals surface area contributed by atoms with Gasteiger partial charge in [0.1, 0.15) is 6.04 Å². The van der Waals surface area contributed by atoms with Gasteiger partial charge in [-0.2, -0.15) is 4.72 Å². The lowest BCUT2D eigenvalue weighted by atomic mass is 10.4. The summed E-state index contributed by atoms with van der Waals surface area (Å²) >= 11 is 0. The van der Waals surface area contributed by atoms with Crippen molar-refractivity contribution in [2.45, 2.75) is 18.1 Å². The van der Waals surface area contributed by atoms with Crippen LogP contribution in [-0.2, 0) is 19.6 Å². The van der Waals surface area contributed by atoms with Gasteiger partial charge in [-0.3, -0.25) is 4.79 Å². The van der Waals surface area contributed by atoms with E-state index < -0.39 is 33.1 Å². The van der Waals surface area contributed by atoms with E-state index in [1.807, 2.05) is 4.72 Å². The zero-order valence-corrected chi connectivity index (χ0v) is 10.4. The van der Waals surface area contributed by atoms with Crippen LogP contribution in [0.1, 0.15) is 17.5 Å². The van der Waals surface area contributed by atoms with Crippen molar-refractivity contribution in [3.05, 3.63) is 17.9 Å². The van der Waals surface area contributed by atoms with Crippen molar-refractivity contribution in [2.24, 2.45) is 0 Å². The average Bonchev–Trinajstić information content (AvgIpc) is 2.77. The fourth-order valence-electron chi connectivity index (χ4n) is 1.02. The number of nitrogens with one attached hydrogen (secondary N) is 1. The maximum atomic E-state index is 11.7. The summed E-state index contributed by atoms with van der Waals surface area (Å²) in [6, 6.07) is 0.830. The van der Waals surface area contributed by atoms with Crippen LogP contribution in [0.4, 0.5) is 0 Å². The third-order valence-electron chi connectivity index (χ3n) is 1.94. The Bertz CT molecular complexity index is 559. The van der Waals surface area contributed by atoms with E-state index in [1.54, 1.807) is 0 Å². The molecule has 0 saturated carbocycles. The SMILES string of the molecule is COC(=O)c1ccc(S(=O)(=O)NC(C)C(=O)O)o1. The lowest BCUT2D eigenvalue weighted by molar-refractivity contribution is -0.138. The Morgan fingerprint density at radius 2 is 2.06 bits per heavy atom. The van der Waals surface area contributed by atoms with Crippen molar-refractivity contribution in [2.75, 3.05) is 7.11 Å². The highest BCUT2D eigenvalue weighted by Crippen LogP contribution is 2.14. The molecule has 18 heavy (non-hydrogen) atoms. The number of ether oxygens (including phenoxy) is 1. The van der Waals surface area contributed by atoms with Crippen LogP contribution in [-0.4, -0.2) is 38.6 Å². The highest BCUT2D eigenvalue weighted by Gasteiger charge is 2.25. The molecule has 2 N–H and O–H groups in total. The minimum atomic E-state index is -4.13. The van der Waals surface area contributed by atoms with Crippen molar-refractivity contribution in [1.82, 2.24) is 4.72 Å².